The maximum atomic E-state index is 13.6. The summed E-state index contributed by atoms with van der Waals surface area (Å²) in [7, 11) is 0. The third kappa shape index (κ3) is 3.35. The number of nitrogens with two attached hydrogens (primary N) is 1. The van der Waals surface area contributed by atoms with Crippen LogP contribution in [0.2, 0.25) is 0 Å². The van der Waals surface area contributed by atoms with Gasteiger partial charge in [0.15, 0.2) is 6.19 Å². The van der Waals surface area contributed by atoms with Crippen molar-refractivity contribution >= 4 is 28.3 Å². The molecule has 0 spiro atoms. The monoisotopic (exact) mass is 359 g/mol. The summed E-state index contributed by atoms with van der Waals surface area (Å²) in [6.45, 7) is 1.28. The summed E-state index contributed by atoms with van der Waals surface area (Å²) in [5.41, 5.74) is 5.46. The number of anilines is 1. The maximum Gasteiger partial charge on any atom is 0.251 e. The van der Waals surface area contributed by atoms with E-state index < -0.39 is 11.7 Å². The van der Waals surface area contributed by atoms with E-state index in [-0.39, 0.29) is 22.5 Å². The van der Waals surface area contributed by atoms with Crippen molar-refractivity contribution in [1.82, 2.24) is 10.3 Å². The number of hydrogen-bond acceptors (Lipinski definition) is 6. The van der Waals surface area contributed by atoms with Gasteiger partial charge in [-0.1, -0.05) is 17.4 Å². The Kier molecular flexibility index (Phi) is 4.74. The quantitative estimate of drug-likeness (QED) is 0.634. The van der Waals surface area contributed by atoms with E-state index in [1.807, 2.05) is 6.19 Å². The molecule has 0 unspecified atom stereocenters. The Labute approximate surface area is 146 Å². The minimum atomic E-state index is -0.869. The molecule has 2 amide bonds. The van der Waals surface area contributed by atoms with Crippen LogP contribution in [-0.2, 0) is 4.79 Å². The topological polar surface area (TPSA) is 112 Å². The van der Waals surface area contributed by atoms with Gasteiger partial charge in [-0.05, 0) is 30.7 Å². The smallest absolute Gasteiger partial charge is 0.251 e. The summed E-state index contributed by atoms with van der Waals surface area (Å²) in [5, 5.41) is 12.7. The number of carbonyl (C=O) groups is 2. The largest absolute Gasteiger partial charge is 0.366 e. The van der Waals surface area contributed by atoms with Crippen molar-refractivity contribution in [3.8, 4) is 16.6 Å². The highest BCUT2D eigenvalue weighted by molar-refractivity contribution is 7.19. The fraction of sp³-hybridized carbons (Fsp3) is 0.250. The fourth-order valence-corrected chi connectivity index (χ4v) is 3.48. The number of aromatic nitrogens is 1. The molecule has 1 aromatic heterocycles. The number of primary amides is 1. The van der Waals surface area contributed by atoms with E-state index in [1.165, 1.54) is 18.3 Å². The van der Waals surface area contributed by atoms with E-state index in [1.54, 1.807) is 0 Å². The van der Waals surface area contributed by atoms with Crippen LogP contribution in [0.4, 0.5) is 9.52 Å². The Balaban J connectivity index is 1.89. The van der Waals surface area contributed by atoms with Gasteiger partial charge in [0.1, 0.15) is 5.82 Å². The van der Waals surface area contributed by atoms with Crippen molar-refractivity contribution < 1.29 is 14.0 Å². The first kappa shape index (κ1) is 17.0. The van der Waals surface area contributed by atoms with Crippen LogP contribution >= 0.6 is 11.3 Å². The predicted octanol–water partition coefficient (Wildman–Crippen LogP) is 1.47. The van der Waals surface area contributed by atoms with Crippen molar-refractivity contribution in [1.29, 1.82) is 5.26 Å². The molecular formula is C16H14FN5O2S. The molecular weight excluding hydrogens is 345 g/mol. The van der Waals surface area contributed by atoms with Crippen LogP contribution in [0.15, 0.2) is 24.4 Å². The molecule has 1 fully saturated rings. The summed E-state index contributed by atoms with van der Waals surface area (Å²) in [4.78, 5) is 29.4. The SMILES string of the molecule is N#CN(C(=O)[C@H]1CCNC1)c1ncc(-c2ccc(F)c(C(N)=O)c2)s1. The summed E-state index contributed by atoms with van der Waals surface area (Å²) in [6.07, 6.45) is 4.02. The zero-order chi connectivity index (χ0) is 18.0. The van der Waals surface area contributed by atoms with Crippen LogP contribution in [0.1, 0.15) is 16.8 Å². The number of nitrogens with one attached hydrogen (secondary N) is 1. The molecule has 1 saturated heterocycles. The summed E-state index contributed by atoms with van der Waals surface area (Å²) < 4.78 is 13.6. The zero-order valence-corrected chi connectivity index (χ0v) is 13.8. The number of halogens is 1. The molecule has 3 N–H and O–H groups in total. The van der Waals surface area contributed by atoms with Crippen molar-refractivity contribution in [2.75, 3.05) is 18.0 Å². The highest BCUT2D eigenvalue weighted by atomic mass is 32.1. The Morgan fingerprint density at radius 2 is 2.28 bits per heavy atom. The van der Waals surface area contributed by atoms with Gasteiger partial charge < -0.3 is 11.1 Å². The fourth-order valence-electron chi connectivity index (χ4n) is 2.60. The molecule has 0 saturated carbocycles. The van der Waals surface area contributed by atoms with Gasteiger partial charge in [0.25, 0.3) is 5.91 Å². The van der Waals surface area contributed by atoms with Crippen LogP contribution in [0, 0.1) is 23.2 Å². The van der Waals surface area contributed by atoms with E-state index >= 15 is 0 Å². The van der Waals surface area contributed by atoms with E-state index in [2.05, 4.69) is 10.3 Å². The number of amides is 2. The van der Waals surface area contributed by atoms with Gasteiger partial charge in [0, 0.05) is 12.7 Å². The van der Waals surface area contributed by atoms with Gasteiger partial charge in [0.05, 0.1) is 16.4 Å². The second kappa shape index (κ2) is 6.96. The van der Waals surface area contributed by atoms with Crippen molar-refractivity contribution in [2.24, 2.45) is 11.7 Å². The Morgan fingerprint density at radius 1 is 1.48 bits per heavy atom. The van der Waals surface area contributed by atoms with Gasteiger partial charge in [-0.3, -0.25) is 9.59 Å². The number of rotatable bonds is 4. The van der Waals surface area contributed by atoms with E-state index in [0.717, 1.165) is 28.8 Å². The molecule has 2 aromatic rings. The standard InChI is InChI=1S/C16H14FN5O2S/c17-12-2-1-9(5-11(12)14(19)23)13-7-21-16(25-13)22(8-18)15(24)10-3-4-20-6-10/h1-2,5,7,10,20H,3-4,6H2,(H2,19,23)/t10-/m0/s1. The van der Waals surface area contributed by atoms with Gasteiger partial charge in [-0.2, -0.15) is 10.2 Å². The van der Waals surface area contributed by atoms with Crippen LogP contribution in [0.3, 0.4) is 0 Å². The van der Waals surface area contributed by atoms with Crippen LogP contribution < -0.4 is 16.0 Å². The predicted molar refractivity (Wildman–Crippen MR) is 90.1 cm³/mol. The highest BCUT2D eigenvalue weighted by Crippen LogP contribution is 2.32. The lowest BCUT2D eigenvalue weighted by atomic mass is 10.1. The zero-order valence-electron chi connectivity index (χ0n) is 13.0. The Bertz CT molecular complexity index is 870. The van der Waals surface area contributed by atoms with Crippen LogP contribution in [0.25, 0.3) is 10.4 Å². The van der Waals surface area contributed by atoms with Crippen LogP contribution in [-0.4, -0.2) is 29.9 Å². The normalized spacial score (nSPS) is 16.4. The van der Waals surface area contributed by atoms with E-state index in [9.17, 15) is 19.2 Å². The third-order valence-corrected chi connectivity index (χ3v) is 4.96. The number of benzene rings is 1. The molecule has 7 nitrogen and oxygen atoms in total. The molecule has 1 aliphatic rings. The lowest BCUT2D eigenvalue weighted by molar-refractivity contribution is -0.121. The molecule has 25 heavy (non-hydrogen) atoms. The van der Waals surface area contributed by atoms with E-state index in [4.69, 9.17) is 5.73 Å². The van der Waals surface area contributed by atoms with Crippen molar-refractivity contribution in [3.05, 3.63) is 35.8 Å². The summed E-state index contributed by atoms with van der Waals surface area (Å²) in [6, 6.07) is 3.96. The summed E-state index contributed by atoms with van der Waals surface area (Å²) >= 11 is 1.11. The molecule has 9 heteroatoms. The second-order valence-corrected chi connectivity index (χ2v) is 6.54. The lowest BCUT2D eigenvalue weighted by Crippen LogP contribution is -2.33. The van der Waals surface area contributed by atoms with Gasteiger partial charge in [0.2, 0.25) is 11.0 Å². The first-order chi connectivity index (χ1) is 12.0. The number of thiazole rings is 1. The maximum absolute atomic E-state index is 13.6. The Hall–Kier alpha value is -2.83. The van der Waals surface area contributed by atoms with Gasteiger partial charge in [-0.15, -0.1) is 0 Å². The molecule has 2 heterocycles. The molecule has 3 rings (SSSR count). The number of carbonyl (C=O) groups excluding carboxylic acids is 2. The molecule has 1 atom stereocenters. The molecule has 1 aliphatic heterocycles. The van der Waals surface area contributed by atoms with Gasteiger partial charge in [-0.25, -0.2) is 9.37 Å². The van der Waals surface area contributed by atoms with Gasteiger partial charge >= 0.3 is 0 Å². The molecule has 0 radical (unpaired) electrons. The lowest BCUT2D eigenvalue weighted by Gasteiger charge is -2.14. The molecule has 0 bridgehead atoms. The number of hydrogen-bond donors (Lipinski definition) is 2. The van der Waals surface area contributed by atoms with E-state index in [0.29, 0.717) is 23.4 Å². The molecule has 128 valence electrons. The molecule has 1 aromatic carbocycles. The minimum Gasteiger partial charge on any atom is -0.366 e. The average Bonchev–Trinajstić information content (AvgIpc) is 3.27. The summed E-state index contributed by atoms with van der Waals surface area (Å²) in [5.74, 6) is -2.13. The number of nitrogens with zero attached hydrogens (tertiary/aromatic N) is 3. The second-order valence-electron chi connectivity index (χ2n) is 5.53. The average molecular weight is 359 g/mol. The minimum absolute atomic E-state index is 0.224. The van der Waals surface area contributed by atoms with Crippen molar-refractivity contribution in [2.45, 2.75) is 6.42 Å². The third-order valence-electron chi connectivity index (χ3n) is 3.93. The number of nitriles is 1. The van der Waals surface area contributed by atoms with Crippen molar-refractivity contribution in [3.63, 3.8) is 0 Å². The Morgan fingerprint density at radius 3 is 2.92 bits per heavy atom. The first-order valence-electron chi connectivity index (χ1n) is 7.51. The highest BCUT2D eigenvalue weighted by Gasteiger charge is 2.30. The molecule has 0 aliphatic carbocycles. The van der Waals surface area contributed by atoms with Crippen LogP contribution in [0.5, 0.6) is 0 Å². The first-order valence-corrected chi connectivity index (χ1v) is 8.33.